The lowest BCUT2D eigenvalue weighted by molar-refractivity contribution is 0.175. The molecule has 0 bridgehead atoms. The minimum absolute atomic E-state index is 0.553. The Morgan fingerprint density at radius 3 is 2.44 bits per heavy atom. The fraction of sp³-hybridized carbons (Fsp3) is 0.368. The van der Waals surface area contributed by atoms with Crippen LogP contribution in [0.15, 0.2) is 42.5 Å². The molecular weight excluding hydrogens is 356 g/mol. The highest BCUT2D eigenvalue weighted by Gasteiger charge is 2.27. The minimum atomic E-state index is -3.09. The zero-order valence-electron chi connectivity index (χ0n) is 14.6. The maximum absolute atomic E-state index is 11.6. The summed E-state index contributed by atoms with van der Waals surface area (Å²) in [6.45, 7) is 5.40. The fourth-order valence-corrected chi connectivity index (χ4v) is 4.17. The standard InChI is InChI=1S/C19H23ClN2O2S/c1-15-7-8-16(13-19(15)20)18-6-4-3-5-17(18)14-21-9-11-22(12-10-21)25(2,23)24/h3-8,13H,9-12,14H2,1-2H3. The van der Waals surface area contributed by atoms with E-state index in [-0.39, 0.29) is 0 Å². The molecule has 4 nitrogen and oxygen atoms in total. The molecule has 2 aromatic rings. The van der Waals surface area contributed by atoms with Gasteiger partial charge in [0.15, 0.2) is 0 Å². The Morgan fingerprint density at radius 2 is 1.80 bits per heavy atom. The Labute approximate surface area is 155 Å². The maximum Gasteiger partial charge on any atom is 0.122 e. The van der Waals surface area contributed by atoms with Crippen LogP contribution in [0.25, 0.3) is 11.1 Å². The van der Waals surface area contributed by atoms with Crippen molar-refractivity contribution >= 4 is 22.0 Å². The van der Waals surface area contributed by atoms with Gasteiger partial charge < -0.3 is 4.55 Å². The zero-order chi connectivity index (χ0) is 18.0. The fourth-order valence-electron chi connectivity index (χ4n) is 3.16. The molecule has 0 aromatic heterocycles. The van der Waals surface area contributed by atoms with E-state index in [4.69, 9.17) is 11.6 Å². The molecule has 1 atom stereocenters. The van der Waals surface area contributed by atoms with E-state index in [0.29, 0.717) is 13.1 Å². The number of benzene rings is 2. The first-order valence-corrected chi connectivity index (χ1v) is 10.6. The molecule has 0 saturated carbocycles. The second-order valence-corrected chi connectivity index (χ2v) is 8.95. The van der Waals surface area contributed by atoms with Crippen LogP contribution in [0.3, 0.4) is 0 Å². The average molecular weight is 379 g/mol. The molecule has 1 fully saturated rings. The third-order valence-corrected chi connectivity index (χ3v) is 6.40. The number of hydrogen-bond donors (Lipinski definition) is 0. The quantitative estimate of drug-likeness (QED) is 0.763. The summed E-state index contributed by atoms with van der Waals surface area (Å²) in [7, 11) is -3.09. The lowest BCUT2D eigenvalue weighted by atomic mass is 9.98. The van der Waals surface area contributed by atoms with Gasteiger partial charge in [-0.25, -0.2) is 0 Å². The second-order valence-electron chi connectivity index (χ2n) is 6.56. The summed E-state index contributed by atoms with van der Waals surface area (Å²) in [6.07, 6.45) is 1.28. The van der Waals surface area contributed by atoms with Gasteiger partial charge in [0, 0.05) is 24.7 Å². The normalized spacial score (nSPS) is 18.9. The van der Waals surface area contributed by atoms with Gasteiger partial charge in [-0.2, -0.15) is 0 Å². The summed E-state index contributed by atoms with van der Waals surface area (Å²) in [5.74, 6) is 0. The Hall–Kier alpha value is -1.24. The molecular formula is C19H23ClN2O2S. The number of nitrogens with zero attached hydrogens (tertiary/aromatic N) is 2. The minimum Gasteiger partial charge on any atom is -0.598 e. The van der Waals surface area contributed by atoms with E-state index in [9.17, 15) is 8.76 Å². The lowest BCUT2D eigenvalue weighted by Gasteiger charge is -2.35. The Balaban J connectivity index is 1.76. The van der Waals surface area contributed by atoms with E-state index in [1.165, 1.54) is 17.4 Å². The van der Waals surface area contributed by atoms with Gasteiger partial charge in [0.05, 0.1) is 13.1 Å². The summed E-state index contributed by atoms with van der Waals surface area (Å²) in [4.78, 5) is 2.30. The Bertz CT molecular complexity index is 798. The highest BCUT2D eigenvalue weighted by atomic mass is 35.5. The van der Waals surface area contributed by atoms with Crippen molar-refractivity contribution < 1.29 is 8.76 Å². The molecule has 1 heterocycles. The SMILES string of the molecule is Cc1ccc(-c2ccccc2CN2CCN([S+](C)(=O)[O-])CC2)cc1Cl. The number of piperazine rings is 1. The van der Waals surface area contributed by atoms with Crippen LogP contribution in [0.2, 0.25) is 5.02 Å². The summed E-state index contributed by atoms with van der Waals surface area (Å²) < 4.78 is 24.8. The molecule has 6 heteroatoms. The van der Waals surface area contributed by atoms with Gasteiger partial charge in [-0.3, -0.25) is 4.90 Å². The van der Waals surface area contributed by atoms with E-state index in [0.717, 1.165) is 35.8 Å². The van der Waals surface area contributed by atoms with E-state index in [1.807, 2.05) is 31.2 Å². The third-order valence-electron chi connectivity index (χ3n) is 4.69. The number of hydrogen-bond acceptors (Lipinski definition) is 3. The van der Waals surface area contributed by atoms with Crippen LogP contribution in [0.4, 0.5) is 0 Å². The van der Waals surface area contributed by atoms with Gasteiger partial charge >= 0.3 is 0 Å². The van der Waals surface area contributed by atoms with Gasteiger partial charge in [0.1, 0.15) is 16.7 Å². The molecule has 25 heavy (non-hydrogen) atoms. The van der Waals surface area contributed by atoms with E-state index < -0.39 is 10.4 Å². The van der Waals surface area contributed by atoms with Crippen molar-refractivity contribution in [2.24, 2.45) is 0 Å². The Morgan fingerprint density at radius 1 is 1.12 bits per heavy atom. The monoisotopic (exact) mass is 378 g/mol. The van der Waals surface area contributed by atoms with Crippen LogP contribution in [0, 0.1) is 6.92 Å². The summed E-state index contributed by atoms with van der Waals surface area (Å²) in [5, 5.41) is 0.772. The topological polar surface area (TPSA) is 46.6 Å². The van der Waals surface area contributed by atoms with Crippen LogP contribution >= 0.6 is 11.6 Å². The number of rotatable bonds is 4. The third kappa shape index (κ3) is 4.49. The highest BCUT2D eigenvalue weighted by molar-refractivity contribution is 7.94. The molecule has 0 radical (unpaired) electrons. The average Bonchev–Trinajstić information content (AvgIpc) is 2.58. The predicted octanol–water partition coefficient (Wildman–Crippen LogP) is 3.61. The maximum atomic E-state index is 11.6. The molecule has 1 unspecified atom stereocenters. The molecule has 2 aromatic carbocycles. The molecule has 1 saturated heterocycles. The molecule has 0 spiro atoms. The molecule has 1 aliphatic rings. The van der Waals surface area contributed by atoms with E-state index in [1.54, 1.807) is 4.31 Å². The smallest absolute Gasteiger partial charge is 0.122 e. The van der Waals surface area contributed by atoms with Gasteiger partial charge in [0.25, 0.3) is 0 Å². The van der Waals surface area contributed by atoms with E-state index in [2.05, 4.69) is 23.1 Å². The molecule has 0 N–H and O–H groups in total. The molecule has 1 aliphatic heterocycles. The van der Waals surface area contributed by atoms with Crippen LogP contribution in [-0.2, 0) is 21.2 Å². The first kappa shape index (κ1) is 18.5. The van der Waals surface area contributed by atoms with Crippen molar-refractivity contribution in [1.82, 2.24) is 9.21 Å². The van der Waals surface area contributed by atoms with Crippen LogP contribution in [0.5, 0.6) is 0 Å². The van der Waals surface area contributed by atoms with Gasteiger partial charge in [-0.15, -0.1) is 4.31 Å². The van der Waals surface area contributed by atoms with Gasteiger partial charge in [-0.05, 0) is 35.2 Å². The second kappa shape index (κ2) is 7.56. The van der Waals surface area contributed by atoms with Crippen molar-refractivity contribution in [3.63, 3.8) is 0 Å². The molecule has 134 valence electrons. The van der Waals surface area contributed by atoms with Crippen molar-refractivity contribution in [2.75, 3.05) is 32.4 Å². The molecule has 0 amide bonds. The molecule has 3 rings (SSSR count). The first-order valence-electron chi connectivity index (χ1n) is 8.36. The number of sulfonamides is 1. The largest absolute Gasteiger partial charge is 0.598 e. The zero-order valence-corrected chi connectivity index (χ0v) is 16.1. The predicted molar refractivity (Wildman–Crippen MR) is 103 cm³/mol. The first-order chi connectivity index (χ1) is 11.8. The summed E-state index contributed by atoms with van der Waals surface area (Å²) in [6, 6.07) is 14.5. The summed E-state index contributed by atoms with van der Waals surface area (Å²) >= 11 is 6.29. The van der Waals surface area contributed by atoms with Crippen LogP contribution in [0.1, 0.15) is 11.1 Å². The van der Waals surface area contributed by atoms with Crippen molar-refractivity contribution in [1.29, 1.82) is 0 Å². The summed E-state index contributed by atoms with van der Waals surface area (Å²) in [5.41, 5.74) is 4.59. The van der Waals surface area contributed by atoms with E-state index >= 15 is 0 Å². The highest BCUT2D eigenvalue weighted by Crippen LogP contribution is 2.29. The lowest BCUT2D eigenvalue weighted by Crippen LogP contribution is -2.49. The number of halogens is 1. The Kier molecular flexibility index (Phi) is 5.61. The van der Waals surface area contributed by atoms with Crippen molar-refractivity contribution in [3.8, 4) is 11.1 Å². The van der Waals surface area contributed by atoms with Gasteiger partial charge in [-0.1, -0.05) is 52.2 Å². The van der Waals surface area contributed by atoms with Crippen LogP contribution < -0.4 is 0 Å². The number of aryl methyl sites for hydroxylation is 1. The molecule has 0 aliphatic carbocycles. The van der Waals surface area contributed by atoms with Crippen molar-refractivity contribution in [3.05, 3.63) is 58.6 Å². The van der Waals surface area contributed by atoms with Crippen molar-refractivity contribution in [2.45, 2.75) is 13.5 Å². The van der Waals surface area contributed by atoms with Gasteiger partial charge in [0.2, 0.25) is 0 Å². The van der Waals surface area contributed by atoms with Crippen LogP contribution in [-0.4, -0.2) is 46.2 Å².